The van der Waals surface area contributed by atoms with E-state index in [1.54, 1.807) is 18.2 Å². The third-order valence-electron chi connectivity index (χ3n) is 2.12. The molecule has 1 aromatic carbocycles. The summed E-state index contributed by atoms with van der Waals surface area (Å²) < 4.78 is 5.80. The first kappa shape index (κ1) is 16.0. The smallest absolute Gasteiger partial charge is 1.00 e. The van der Waals surface area contributed by atoms with Gasteiger partial charge in [-0.25, -0.2) is 4.79 Å². The summed E-state index contributed by atoms with van der Waals surface area (Å²) in [6.45, 7) is 1.08. The molecule has 0 bridgehead atoms. The van der Waals surface area contributed by atoms with Gasteiger partial charge in [0.2, 0.25) is 0 Å². The molecule has 4 nitrogen and oxygen atoms in total. The Morgan fingerprint density at radius 2 is 1.94 bits per heavy atom. The van der Waals surface area contributed by atoms with Gasteiger partial charge in [0, 0.05) is 0 Å². The van der Waals surface area contributed by atoms with Gasteiger partial charge in [0.25, 0.3) is 0 Å². The van der Waals surface area contributed by atoms with Crippen LogP contribution in [0.1, 0.15) is 11.8 Å². The Morgan fingerprint density at radius 3 is 2.47 bits per heavy atom. The van der Waals surface area contributed by atoms with E-state index in [2.05, 4.69) is 0 Å². The maximum atomic E-state index is 11.6. The third kappa shape index (κ3) is 5.78. The van der Waals surface area contributed by atoms with E-state index in [9.17, 15) is 9.90 Å². The van der Waals surface area contributed by atoms with Crippen molar-refractivity contribution in [2.24, 2.45) is 0 Å². The molecule has 1 rings (SSSR count). The van der Waals surface area contributed by atoms with Crippen LogP contribution in [0.25, 0.3) is 0 Å². The first-order chi connectivity index (χ1) is 7.40. The maximum absolute atomic E-state index is 11.6. The number of phenols is 1. The van der Waals surface area contributed by atoms with Crippen molar-refractivity contribution in [1.82, 2.24) is 0 Å². The second kappa shape index (κ2) is 6.70. The molecule has 0 radical (unpaired) electrons. The van der Waals surface area contributed by atoms with Gasteiger partial charge in [0.05, 0.1) is 21.1 Å². The molecular formula is C12H19LiNO3+. The molecule has 0 aromatic heterocycles. The zero-order valence-corrected chi connectivity index (χ0v) is 10.9. The summed E-state index contributed by atoms with van der Waals surface area (Å²) in [4.78, 5) is 11.6. The number of para-hydroxylation sites is 1. The summed E-state index contributed by atoms with van der Waals surface area (Å²) in [5.41, 5.74) is 0.212. The van der Waals surface area contributed by atoms with Crippen LogP contribution in [-0.2, 0) is 4.74 Å². The molecule has 0 unspecified atom stereocenters. The number of hydrogen-bond acceptors (Lipinski definition) is 3. The van der Waals surface area contributed by atoms with Crippen molar-refractivity contribution in [2.75, 3.05) is 34.3 Å². The number of hydrogen-bond donors (Lipinski definition) is 1. The quantitative estimate of drug-likeness (QED) is 0.385. The maximum Gasteiger partial charge on any atom is 1.00 e. The molecule has 0 aliphatic rings. The molecule has 0 aliphatic heterocycles. The van der Waals surface area contributed by atoms with Crippen LogP contribution >= 0.6 is 0 Å². The van der Waals surface area contributed by atoms with Crippen molar-refractivity contribution in [2.45, 2.75) is 0 Å². The Balaban J connectivity index is 0. The molecule has 0 atom stereocenters. The Bertz CT molecular complexity index is 380. The Kier molecular flexibility index (Phi) is 6.33. The van der Waals surface area contributed by atoms with Gasteiger partial charge in [-0.15, -0.1) is 0 Å². The van der Waals surface area contributed by atoms with Crippen molar-refractivity contribution < 1.29 is 39.4 Å². The average molecular weight is 232 g/mol. The van der Waals surface area contributed by atoms with Crippen LogP contribution in [0.15, 0.2) is 24.3 Å². The van der Waals surface area contributed by atoms with Crippen LogP contribution in [0.2, 0.25) is 0 Å². The largest absolute Gasteiger partial charge is 1.00 e. The van der Waals surface area contributed by atoms with Crippen LogP contribution in [-0.4, -0.2) is 49.9 Å². The number of ether oxygens (including phenoxy) is 1. The zero-order chi connectivity index (χ0) is 12.2. The second-order valence-electron chi connectivity index (χ2n) is 4.67. The van der Waals surface area contributed by atoms with E-state index >= 15 is 0 Å². The monoisotopic (exact) mass is 232 g/mol. The van der Waals surface area contributed by atoms with Crippen molar-refractivity contribution in [1.29, 1.82) is 0 Å². The fourth-order valence-electron chi connectivity index (χ4n) is 1.14. The molecule has 1 N–H and O–H groups in total. The van der Waals surface area contributed by atoms with Crippen molar-refractivity contribution >= 4 is 5.97 Å². The van der Waals surface area contributed by atoms with Crippen molar-refractivity contribution in [3.05, 3.63) is 29.8 Å². The fraction of sp³-hybridized carbons (Fsp3) is 0.417. The van der Waals surface area contributed by atoms with Gasteiger partial charge in [0.15, 0.2) is 0 Å². The van der Waals surface area contributed by atoms with Gasteiger partial charge in [-0.3, -0.25) is 0 Å². The predicted octanol–water partition coefficient (Wildman–Crippen LogP) is -1.63. The number of rotatable bonds is 4. The molecule has 0 saturated carbocycles. The van der Waals surface area contributed by atoms with Gasteiger partial charge in [0.1, 0.15) is 24.5 Å². The summed E-state index contributed by atoms with van der Waals surface area (Å²) >= 11 is 0. The normalized spacial score (nSPS) is 10.5. The fourth-order valence-corrected chi connectivity index (χ4v) is 1.14. The van der Waals surface area contributed by atoms with Gasteiger partial charge in [-0.2, -0.15) is 0 Å². The molecule has 0 fully saturated rings. The SMILES string of the molecule is C[N+](C)(C)CCOC(=O)c1ccccc1O.[H-].[Li+]. The van der Waals surface area contributed by atoms with E-state index in [1.165, 1.54) is 6.07 Å². The Hall–Kier alpha value is -0.953. The first-order valence-corrected chi connectivity index (χ1v) is 5.16. The van der Waals surface area contributed by atoms with Crippen LogP contribution in [0, 0.1) is 0 Å². The Morgan fingerprint density at radius 1 is 1.35 bits per heavy atom. The predicted molar refractivity (Wildman–Crippen MR) is 62.4 cm³/mol. The molecule has 90 valence electrons. The molecule has 17 heavy (non-hydrogen) atoms. The number of aromatic hydroxyl groups is 1. The number of carbonyl (C=O) groups is 1. The number of esters is 1. The number of carbonyl (C=O) groups excluding carboxylic acids is 1. The summed E-state index contributed by atoms with van der Waals surface area (Å²) in [5.74, 6) is -0.524. The minimum Gasteiger partial charge on any atom is -1.00 e. The Labute approximate surface area is 115 Å². The van der Waals surface area contributed by atoms with E-state index in [1.807, 2.05) is 21.1 Å². The van der Waals surface area contributed by atoms with E-state index in [0.29, 0.717) is 6.61 Å². The second-order valence-corrected chi connectivity index (χ2v) is 4.67. The first-order valence-electron chi connectivity index (χ1n) is 5.16. The average Bonchev–Trinajstić information content (AvgIpc) is 2.16. The number of nitrogens with zero attached hydrogens (tertiary/aromatic N) is 1. The summed E-state index contributed by atoms with van der Waals surface area (Å²) in [5, 5.41) is 9.44. The summed E-state index contributed by atoms with van der Waals surface area (Å²) in [6.07, 6.45) is 0. The van der Waals surface area contributed by atoms with E-state index in [0.717, 1.165) is 11.0 Å². The number of likely N-dealkylation sites (N-methyl/N-ethyl adjacent to an activating group) is 1. The molecule has 0 amide bonds. The standard InChI is InChI=1S/C12H17NO3.Li.H/c1-13(2,3)8-9-16-12(15)10-6-4-5-7-11(10)14;;/h4-7H,8-9H2,1-3H3;;/q;+1;-1/p+1. The topological polar surface area (TPSA) is 46.5 Å². The van der Waals surface area contributed by atoms with Gasteiger partial charge < -0.3 is 15.8 Å². The van der Waals surface area contributed by atoms with E-state index in [4.69, 9.17) is 4.74 Å². The zero-order valence-electron chi connectivity index (χ0n) is 11.9. The molecule has 1 aromatic rings. The van der Waals surface area contributed by atoms with Gasteiger partial charge in [-0.1, -0.05) is 12.1 Å². The minimum atomic E-state index is -0.480. The number of quaternary nitrogens is 1. The van der Waals surface area contributed by atoms with Gasteiger partial charge >= 0.3 is 24.8 Å². The van der Waals surface area contributed by atoms with E-state index in [-0.39, 0.29) is 31.6 Å². The van der Waals surface area contributed by atoms with E-state index < -0.39 is 5.97 Å². The molecule has 0 saturated heterocycles. The van der Waals surface area contributed by atoms with Crippen LogP contribution in [0.3, 0.4) is 0 Å². The molecule has 0 heterocycles. The number of benzene rings is 1. The number of phenolic OH excluding ortho intramolecular Hbond substituents is 1. The molecule has 0 aliphatic carbocycles. The summed E-state index contributed by atoms with van der Waals surface area (Å²) in [7, 11) is 6.06. The molecule has 5 heteroatoms. The van der Waals surface area contributed by atoms with Gasteiger partial charge in [-0.05, 0) is 12.1 Å². The van der Waals surface area contributed by atoms with Crippen LogP contribution < -0.4 is 18.9 Å². The van der Waals surface area contributed by atoms with Crippen molar-refractivity contribution in [3.63, 3.8) is 0 Å². The molecular weight excluding hydrogens is 213 g/mol. The third-order valence-corrected chi connectivity index (χ3v) is 2.12. The minimum absolute atomic E-state index is 0. The van der Waals surface area contributed by atoms with Crippen molar-refractivity contribution in [3.8, 4) is 5.75 Å². The van der Waals surface area contributed by atoms with Crippen LogP contribution in [0.5, 0.6) is 5.75 Å². The summed E-state index contributed by atoms with van der Waals surface area (Å²) in [6, 6.07) is 6.37. The molecule has 0 spiro atoms. The van der Waals surface area contributed by atoms with Crippen LogP contribution in [0.4, 0.5) is 0 Å².